The summed E-state index contributed by atoms with van der Waals surface area (Å²) in [5.41, 5.74) is 0. The van der Waals surface area contributed by atoms with E-state index in [0.29, 0.717) is 25.9 Å². The first kappa shape index (κ1) is 60.1. The Bertz CT molecular complexity index is 1010. The number of carbonyl (C=O) groups excluding carboxylic acids is 2. The van der Waals surface area contributed by atoms with Gasteiger partial charge in [0.1, 0.15) is 0 Å². The molecular weight excluding hydrogens is 767 g/mol. The molecule has 0 saturated carbocycles. The van der Waals surface area contributed by atoms with Crippen LogP contribution in [-0.4, -0.2) is 47.4 Å². The quantitative estimate of drug-likeness (QED) is 0.0321. The monoisotopic (exact) mass is 872 g/mol. The molecule has 0 heterocycles. The van der Waals surface area contributed by atoms with Gasteiger partial charge in [-0.2, -0.15) is 0 Å². The molecule has 3 N–H and O–H groups in total. The van der Waals surface area contributed by atoms with Crippen molar-refractivity contribution in [1.82, 2.24) is 5.32 Å². The Kier molecular flexibility index (Phi) is 50.1. The largest absolute Gasteiger partial charge is 0.466 e. The Hall–Kier alpha value is -1.92. The fraction of sp³-hybridized carbons (Fsp3) is 0.857. The summed E-state index contributed by atoms with van der Waals surface area (Å²) in [5.74, 6) is -0.0622. The standard InChI is InChI=1S/C56H105NO5/c1-3-5-7-9-11-13-15-17-22-26-30-34-38-42-46-50-56(61)62-51-47-43-39-35-31-27-24-21-19-18-20-23-25-29-33-37-41-45-49-55(60)57-53(52-58)54(59)48-44-40-36-32-28-16-14-12-10-8-6-4-2/h11,13,17,20,22-23,53-54,58-59H,3-10,12,14-16,18-19,21,24-52H2,1-2H3,(H,57,60)/b13-11-,22-17-,23-20-. The van der Waals surface area contributed by atoms with Crippen LogP contribution >= 0.6 is 0 Å². The van der Waals surface area contributed by atoms with Gasteiger partial charge in [0.05, 0.1) is 25.4 Å². The molecule has 0 spiro atoms. The average molecular weight is 872 g/mol. The van der Waals surface area contributed by atoms with Gasteiger partial charge in [0, 0.05) is 12.8 Å². The molecule has 6 nitrogen and oxygen atoms in total. The molecule has 6 heteroatoms. The lowest BCUT2D eigenvalue weighted by Crippen LogP contribution is -2.45. The van der Waals surface area contributed by atoms with Crippen LogP contribution in [-0.2, 0) is 14.3 Å². The number of aliphatic hydroxyl groups excluding tert-OH is 2. The van der Waals surface area contributed by atoms with Crippen molar-refractivity contribution in [3.05, 3.63) is 36.5 Å². The molecule has 1 amide bonds. The predicted molar refractivity (Wildman–Crippen MR) is 269 cm³/mol. The van der Waals surface area contributed by atoms with Crippen molar-refractivity contribution in [2.24, 2.45) is 0 Å². The maximum atomic E-state index is 12.4. The van der Waals surface area contributed by atoms with Crippen molar-refractivity contribution in [1.29, 1.82) is 0 Å². The fourth-order valence-corrected chi connectivity index (χ4v) is 8.19. The van der Waals surface area contributed by atoms with Crippen molar-refractivity contribution in [2.75, 3.05) is 13.2 Å². The van der Waals surface area contributed by atoms with Crippen LogP contribution in [0.1, 0.15) is 284 Å². The Morgan fingerprint density at radius 1 is 0.452 bits per heavy atom. The van der Waals surface area contributed by atoms with Gasteiger partial charge in [-0.3, -0.25) is 9.59 Å². The maximum Gasteiger partial charge on any atom is 0.305 e. The summed E-state index contributed by atoms with van der Waals surface area (Å²) in [6, 6.07) is -0.551. The zero-order valence-corrected chi connectivity index (χ0v) is 41.4. The lowest BCUT2D eigenvalue weighted by molar-refractivity contribution is -0.143. The number of ether oxygens (including phenoxy) is 1. The summed E-state index contributed by atoms with van der Waals surface area (Å²) >= 11 is 0. The number of rotatable bonds is 50. The van der Waals surface area contributed by atoms with Gasteiger partial charge in [-0.15, -0.1) is 0 Å². The highest BCUT2D eigenvalue weighted by Gasteiger charge is 2.20. The summed E-state index contributed by atoms with van der Waals surface area (Å²) in [6.45, 7) is 4.90. The second-order valence-electron chi connectivity index (χ2n) is 18.6. The third-order valence-electron chi connectivity index (χ3n) is 12.4. The van der Waals surface area contributed by atoms with E-state index in [4.69, 9.17) is 4.74 Å². The van der Waals surface area contributed by atoms with E-state index >= 15 is 0 Å². The molecule has 0 saturated heterocycles. The first-order chi connectivity index (χ1) is 30.5. The molecule has 364 valence electrons. The van der Waals surface area contributed by atoms with Gasteiger partial charge >= 0.3 is 5.97 Å². The van der Waals surface area contributed by atoms with E-state index in [1.54, 1.807) is 0 Å². The van der Waals surface area contributed by atoms with Gasteiger partial charge in [0.2, 0.25) is 5.91 Å². The number of esters is 1. The van der Waals surface area contributed by atoms with Crippen LogP contribution in [0.25, 0.3) is 0 Å². The molecule has 0 bridgehead atoms. The van der Waals surface area contributed by atoms with Gasteiger partial charge in [0.15, 0.2) is 0 Å². The van der Waals surface area contributed by atoms with Gasteiger partial charge in [-0.1, -0.05) is 224 Å². The van der Waals surface area contributed by atoms with Gasteiger partial charge in [-0.05, 0) is 83.5 Å². The number of amides is 1. The number of nitrogens with one attached hydrogen (secondary N) is 1. The molecule has 0 aromatic rings. The van der Waals surface area contributed by atoms with Crippen LogP contribution in [0.15, 0.2) is 36.5 Å². The Balaban J connectivity index is 3.45. The van der Waals surface area contributed by atoms with E-state index in [-0.39, 0.29) is 18.5 Å². The SMILES string of the molecule is CCCCC/C=C\C/C=C\CCCCCCCC(=O)OCCCCCCCCCCC/C=C\CCCCCCCC(=O)NC(CO)C(O)CCCCCCCCCCCCCC. The third-order valence-corrected chi connectivity index (χ3v) is 12.4. The van der Waals surface area contributed by atoms with Crippen molar-refractivity contribution < 1.29 is 24.5 Å². The topological polar surface area (TPSA) is 95.9 Å². The highest BCUT2D eigenvalue weighted by atomic mass is 16.5. The second-order valence-corrected chi connectivity index (χ2v) is 18.6. The van der Waals surface area contributed by atoms with Crippen LogP contribution in [0.4, 0.5) is 0 Å². The van der Waals surface area contributed by atoms with Gasteiger partial charge in [0.25, 0.3) is 0 Å². The van der Waals surface area contributed by atoms with E-state index in [9.17, 15) is 19.8 Å². The van der Waals surface area contributed by atoms with Crippen LogP contribution in [0.3, 0.4) is 0 Å². The van der Waals surface area contributed by atoms with E-state index in [2.05, 4.69) is 55.6 Å². The Labute approximate surface area is 385 Å². The van der Waals surface area contributed by atoms with Gasteiger partial charge < -0.3 is 20.3 Å². The highest BCUT2D eigenvalue weighted by Crippen LogP contribution is 2.16. The Morgan fingerprint density at radius 3 is 1.27 bits per heavy atom. The van der Waals surface area contributed by atoms with Crippen LogP contribution < -0.4 is 5.32 Å². The number of allylic oxidation sites excluding steroid dienone is 6. The minimum atomic E-state index is -0.672. The number of unbranched alkanes of at least 4 members (excludes halogenated alkanes) is 33. The minimum absolute atomic E-state index is 0.0115. The molecule has 2 atom stereocenters. The molecule has 0 fully saturated rings. The summed E-state index contributed by atoms with van der Waals surface area (Å²) in [7, 11) is 0. The van der Waals surface area contributed by atoms with Crippen molar-refractivity contribution in [3.63, 3.8) is 0 Å². The molecule has 0 rings (SSSR count). The summed E-state index contributed by atoms with van der Waals surface area (Å²) in [4.78, 5) is 24.5. The van der Waals surface area contributed by atoms with E-state index < -0.39 is 12.1 Å². The lowest BCUT2D eigenvalue weighted by Gasteiger charge is -2.22. The smallest absolute Gasteiger partial charge is 0.305 e. The zero-order valence-electron chi connectivity index (χ0n) is 41.4. The highest BCUT2D eigenvalue weighted by molar-refractivity contribution is 5.76. The van der Waals surface area contributed by atoms with Crippen molar-refractivity contribution in [2.45, 2.75) is 296 Å². The van der Waals surface area contributed by atoms with Crippen molar-refractivity contribution in [3.8, 4) is 0 Å². The molecule has 62 heavy (non-hydrogen) atoms. The second kappa shape index (κ2) is 51.7. The van der Waals surface area contributed by atoms with Crippen molar-refractivity contribution >= 4 is 11.9 Å². The number of carbonyl (C=O) groups is 2. The molecule has 0 aliphatic rings. The zero-order chi connectivity index (χ0) is 45.1. The van der Waals surface area contributed by atoms with Crippen LogP contribution in [0.5, 0.6) is 0 Å². The van der Waals surface area contributed by atoms with E-state index in [1.165, 1.54) is 180 Å². The molecule has 0 aromatic heterocycles. The number of hydrogen-bond acceptors (Lipinski definition) is 5. The summed E-state index contributed by atoms with van der Waals surface area (Å²) in [5, 5.41) is 23.2. The molecule has 0 radical (unpaired) electrons. The first-order valence-corrected chi connectivity index (χ1v) is 27.2. The fourth-order valence-electron chi connectivity index (χ4n) is 8.19. The summed E-state index contributed by atoms with van der Waals surface area (Å²) in [6.07, 6.45) is 62.6. The maximum absolute atomic E-state index is 12.4. The predicted octanol–water partition coefficient (Wildman–Crippen LogP) is 16.5. The Morgan fingerprint density at radius 2 is 0.806 bits per heavy atom. The van der Waals surface area contributed by atoms with Gasteiger partial charge in [-0.25, -0.2) is 0 Å². The lowest BCUT2D eigenvalue weighted by atomic mass is 10.0. The molecular formula is C56H105NO5. The number of hydrogen-bond donors (Lipinski definition) is 3. The molecule has 0 aromatic carbocycles. The summed E-state index contributed by atoms with van der Waals surface area (Å²) < 4.78 is 5.46. The van der Waals surface area contributed by atoms with Crippen LogP contribution in [0.2, 0.25) is 0 Å². The number of aliphatic hydroxyl groups is 2. The third kappa shape index (κ3) is 47.6. The molecule has 2 unspecified atom stereocenters. The van der Waals surface area contributed by atoms with Crippen LogP contribution in [0, 0.1) is 0 Å². The molecule has 0 aliphatic carbocycles. The average Bonchev–Trinajstić information content (AvgIpc) is 3.27. The first-order valence-electron chi connectivity index (χ1n) is 27.2. The molecule has 0 aliphatic heterocycles. The minimum Gasteiger partial charge on any atom is -0.466 e. The normalized spacial score (nSPS) is 12.9. The van der Waals surface area contributed by atoms with E-state index in [0.717, 1.165) is 70.6 Å². The van der Waals surface area contributed by atoms with E-state index in [1.807, 2.05) is 0 Å².